The van der Waals surface area contributed by atoms with Crippen LogP contribution in [0.3, 0.4) is 0 Å². The molecule has 1 heterocycles. The highest BCUT2D eigenvalue weighted by molar-refractivity contribution is 6.04. The third-order valence-electron chi connectivity index (χ3n) is 8.95. The number of amides is 2. The number of halogens is 1. The number of anilines is 1. The zero-order valence-corrected chi connectivity index (χ0v) is 22.4. The highest BCUT2D eigenvalue weighted by Crippen LogP contribution is 2.60. The Labute approximate surface area is 227 Å². The second-order valence-electron chi connectivity index (χ2n) is 11.7. The average Bonchev–Trinajstić information content (AvgIpc) is 3.57. The molecular weight excluding hydrogens is 491 g/mol. The van der Waals surface area contributed by atoms with Crippen molar-refractivity contribution < 1.29 is 14.0 Å². The van der Waals surface area contributed by atoms with Gasteiger partial charge in [0.15, 0.2) is 0 Å². The number of carbonyl (C=O) groups is 2. The van der Waals surface area contributed by atoms with Gasteiger partial charge in [-0.25, -0.2) is 9.37 Å². The van der Waals surface area contributed by atoms with Crippen molar-refractivity contribution in [1.29, 1.82) is 0 Å². The first-order valence-electron chi connectivity index (χ1n) is 13.7. The molecule has 2 amide bonds. The average molecular weight is 525 g/mol. The maximum absolute atomic E-state index is 13.3. The highest BCUT2D eigenvalue weighted by Gasteiger charge is 2.57. The van der Waals surface area contributed by atoms with E-state index in [2.05, 4.69) is 36.4 Å². The van der Waals surface area contributed by atoms with Crippen molar-refractivity contribution in [3.8, 4) is 11.4 Å². The number of hydrogen-bond donors (Lipinski definition) is 3. The van der Waals surface area contributed by atoms with Gasteiger partial charge in [0.05, 0.1) is 11.0 Å². The lowest BCUT2D eigenvalue weighted by atomic mass is 9.73. The van der Waals surface area contributed by atoms with Gasteiger partial charge < -0.3 is 15.6 Å². The molecule has 3 aromatic carbocycles. The van der Waals surface area contributed by atoms with Crippen LogP contribution in [0.4, 0.5) is 10.1 Å². The van der Waals surface area contributed by atoms with Crippen LogP contribution < -0.4 is 10.6 Å². The molecule has 1 aromatic heterocycles. The van der Waals surface area contributed by atoms with Gasteiger partial charge in [-0.05, 0) is 109 Å². The summed E-state index contributed by atoms with van der Waals surface area (Å²) >= 11 is 0. The van der Waals surface area contributed by atoms with E-state index in [0.29, 0.717) is 40.4 Å². The Balaban J connectivity index is 1.15. The molecule has 2 fully saturated rings. The zero-order chi connectivity index (χ0) is 27.3. The standard InChI is InChI=1S/C32H33FN4O2/c1-18(2)28-21-14-15-32(28,3)27(17-21)37-31(39)22-8-13-25-26(16-22)36-29(35-25)19-6-11-24(12-7-19)34-30(38)20-4-9-23(33)10-5-20/h4-13,16,18,21,27-28H,14-15,17H2,1-3H3,(H,34,38)(H,35,36)(H,37,39). The van der Waals surface area contributed by atoms with Crippen molar-refractivity contribution in [2.75, 3.05) is 5.32 Å². The van der Waals surface area contributed by atoms with Crippen molar-refractivity contribution in [2.45, 2.75) is 46.1 Å². The van der Waals surface area contributed by atoms with Crippen LogP contribution >= 0.6 is 0 Å². The summed E-state index contributed by atoms with van der Waals surface area (Å²) in [6.07, 6.45) is 3.53. The van der Waals surface area contributed by atoms with E-state index in [-0.39, 0.29) is 29.1 Å². The lowest BCUT2D eigenvalue weighted by Crippen LogP contribution is -2.45. The zero-order valence-electron chi connectivity index (χ0n) is 22.4. The Morgan fingerprint density at radius 3 is 2.41 bits per heavy atom. The molecule has 4 unspecified atom stereocenters. The number of aromatic nitrogens is 2. The molecule has 7 heteroatoms. The molecular formula is C32H33FN4O2. The first-order valence-corrected chi connectivity index (χ1v) is 13.7. The molecule has 2 aliphatic carbocycles. The van der Waals surface area contributed by atoms with Crippen molar-refractivity contribution in [3.63, 3.8) is 0 Å². The highest BCUT2D eigenvalue weighted by atomic mass is 19.1. The molecule has 0 radical (unpaired) electrons. The normalized spacial score (nSPS) is 23.9. The van der Waals surface area contributed by atoms with Crippen molar-refractivity contribution in [2.24, 2.45) is 23.2 Å². The van der Waals surface area contributed by atoms with E-state index in [1.807, 2.05) is 30.3 Å². The number of fused-ring (bicyclic) bond motifs is 3. The predicted molar refractivity (Wildman–Crippen MR) is 151 cm³/mol. The fourth-order valence-corrected chi connectivity index (χ4v) is 7.20. The number of hydrogen-bond acceptors (Lipinski definition) is 3. The summed E-state index contributed by atoms with van der Waals surface area (Å²) in [6.45, 7) is 6.99. The van der Waals surface area contributed by atoms with Crippen LogP contribution in [-0.2, 0) is 0 Å². The van der Waals surface area contributed by atoms with Crippen LogP contribution in [0.5, 0.6) is 0 Å². The van der Waals surface area contributed by atoms with Crippen molar-refractivity contribution in [1.82, 2.24) is 15.3 Å². The van der Waals surface area contributed by atoms with Gasteiger partial charge in [0.25, 0.3) is 11.8 Å². The lowest BCUT2D eigenvalue weighted by Gasteiger charge is -2.36. The predicted octanol–water partition coefficient (Wildman–Crippen LogP) is 6.81. The number of aromatic amines is 1. The van der Waals surface area contributed by atoms with Crippen LogP contribution in [-0.4, -0.2) is 27.8 Å². The van der Waals surface area contributed by atoms with Gasteiger partial charge in [0.2, 0.25) is 0 Å². The third-order valence-corrected chi connectivity index (χ3v) is 8.95. The Hall–Kier alpha value is -4.00. The molecule has 0 spiro atoms. The van der Waals surface area contributed by atoms with Gasteiger partial charge in [-0.1, -0.05) is 20.8 Å². The van der Waals surface area contributed by atoms with Gasteiger partial charge in [-0.2, -0.15) is 0 Å². The van der Waals surface area contributed by atoms with E-state index in [1.54, 1.807) is 12.1 Å². The van der Waals surface area contributed by atoms with E-state index >= 15 is 0 Å². The van der Waals surface area contributed by atoms with Gasteiger partial charge in [-0.15, -0.1) is 0 Å². The SMILES string of the molecule is CC(C)C1C2CCC1(C)C(NC(=O)c1ccc3nc(-c4ccc(NC(=O)c5ccc(F)cc5)cc4)[nH]c3c1)C2. The topological polar surface area (TPSA) is 86.9 Å². The van der Waals surface area contributed by atoms with Gasteiger partial charge in [-0.3, -0.25) is 9.59 Å². The maximum Gasteiger partial charge on any atom is 0.255 e. The Kier molecular flexibility index (Phi) is 6.25. The van der Waals surface area contributed by atoms with Crippen LogP contribution in [0.25, 0.3) is 22.4 Å². The van der Waals surface area contributed by atoms with E-state index < -0.39 is 0 Å². The number of H-pyrrole nitrogens is 1. The molecule has 2 bridgehead atoms. The summed E-state index contributed by atoms with van der Waals surface area (Å²) in [5.74, 6) is 1.96. The Bertz CT molecular complexity index is 1540. The minimum atomic E-state index is -0.385. The molecule has 200 valence electrons. The maximum atomic E-state index is 13.3. The van der Waals surface area contributed by atoms with E-state index in [0.717, 1.165) is 23.0 Å². The quantitative estimate of drug-likeness (QED) is 0.259. The first-order chi connectivity index (χ1) is 18.7. The number of imidazole rings is 1. The molecule has 6 rings (SSSR count). The Morgan fingerprint density at radius 2 is 1.72 bits per heavy atom. The fourth-order valence-electron chi connectivity index (χ4n) is 7.20. The molecule has 4 atom stereocenters. The number of benzene rings is 3. The minimum Gasteiger partial charge on any atom is -0.349 e. The van der Waals surface area contributed by atoms with Gasteiger partial charge in [0, 0.05) is 28.4 Å². The second-order valence-corrected chi connectivity index (χ2v) is 11.7. The summed E-state index contributed by atoms with van der Waals surface area (Å²) in [6, 6.07) is 18.5. The molecule has 2 saturated carbocycles. The van der Waals surface area contributed by atoms with Crippen LogP contribution in [0.2, 0.25) is 0 Å². The second kappa shape index (κ2) is 9.63. The van der Waals surface area contributed by atoms with E-state index in [1.165, 1.54) is 37.1 Å². The summed E-state index contributed by atoms with van der Waals surface area (Å²) < 4.78 is 13.1. The molecule has 0 saturated heterocycles. The summed E-state index contributed by atoms with van der Waals surface area (Å²) in [5, 5.41) is 6.18. The smallest absolute Gasteiger partial charge is 0.255 e. The molecule has 4 aromatic rings. The number of rotatable bonds is 6. The number of nitrogens with zero attached hydrogens (tertiary/aromatic N) is 1. The van der Waals surface area contributed by atoms with Crippen LogP contribution in [0, 0.1) is 29.0 Å². The summed E-state index contributed by atoms with van der Waals surface area (Å²) in [7, 11) is 0. The van der Waals surface area contributed by atoms with Gasteiger partial charge in [0.1, 0.15) is 11.6 Å². The third kappa shape index (κ3) is 4.60. The minimum absolute atomic E-state index is 0.0319. The molecule has 2 aliphatic rings. The number of carbonyl (C=O) groups excluding carboxylic acids is 2. The number of nitrogens with one attached hydrogen (secondary N) is 3. The largest absolute Gasteiger partial charge is 0.349 e. The lowest BCUT2D eigenvalue weighted by molar-refractivity contribution is 0.0865. The van der Waals surface area contributed by atoms with Gasteiger partial charge >= 0.3 is 0 Å². The van der Waals surface area contributed by atoms with Crippen molar-refractivity contribution >= 4 is 28.5 Å². The van der Waals surface area contributed by atoms with E-state index in [4.69, 9.17) is 4.98 Å². The Morgan fingerprint density at radius 1 is 1.00 bits per heavy atom. The molecule has 39 heavy (non-hydrogen) atoms. The molecule has 6 nitrogen and oxygen atoms in total. The fraction of sp³-hybridized carbons (Fsp3) is 0.344. The monoisotopic (exact) mass is 524 g/mol. The first kappa shape index (κ1) is 25.3. The van der Waals surface area contributed by atoms with Crippen LogP contribution in [0.1, 0.15) is 60.7 Å². The van der Waals surface area contributed by atoms with Crippen molar-refractivity contribution in [3.05, 3.63) is 83.7 Å². The summed E-state index contributed by atoms with van der Waals surface area (Å²) in [4.78, 5) is 33.7. The summed E-state index contributed by atoms with van der Waals surface area (Å²) in [5.41, 5.74) is 4.23. The molecule has 3 N–H and O–H groups in total. The van der Waals surface area contributed by atoms with E-state index in [9.17, 15) is 14.0 Å². The molecule has 0 aliphatic heterocycles. The van der Waals surface area contributed by atoms with Crippen LogP contribution in [0.15, 0.2) is 66.7 Å².